The van der Waals surface area contributed by atoms with E-state index in [0.29, 0.717) is 0 Å². The summed E-state index contributed by atoms with van der Waals surface area (Å²) in [7, 11) is -6.67. The van der Waals surface area contributed by atoms with E-state index < -0.39 is 44.6 Å². The normalized spacial score (nSPS) is 15.7. The Morgan fingerprint density at radius 3 is 1.53 bits per heavy atom. The summed E-state index contributed by atoms with van der Waals surface area (Å²) in [6, 6.07) is 0. The summed E-state index contributed by atoms with van der Waals surface area (Å²) < 4.78 is 130. The number of sulfonamides is 1. The molecule has 0 aromatic carbocycles. The van der Waals surface area contributed by atoms with Crippen LogP contribution in [0.3, 0.4) is 0 Å². The summed E-state index contributed by atoms with van der Waals surface area (Å²) >= 11 is -1.77. The minimum Gasteiger partial charge on any atom is -0.205 e. The molecular weight excluding hydrogens is 341 g/mol. The Labute approximate surface area is 104 Å². The van der Waals surface area contributed by atoms with E-state index in [0.717, 1.165) is 0 Å². The SMILES string of the molecule is CC(F)(F)C(F)(F)SNS(=O)(=O)C(F)(F)C(F)(F)F. The van der Waals surface area contributed by atoms with Crippen molar-refractivity contribution >= 4 is 22.0 Å². The zero-order valence-electron chi connectivity index (χ0n) is 8.53. The van der Waals surface area contributed by atoms with E-state index in [1.54, 1.807) is 0 Å². The molecule has 3 nitrogen and oxygen atoms in total. The van der Waals surface area contributed by atoms with Crippen LogP contribution >= 0.6 is 11.9 Å². The van der Waals surface area contributed by atoms with Gasteiger partial charge >= 0.3 is 22.6 Å². The second kappa shape index (κ2) is 4.87. The van der Waals surface area contributed by atoms with Crippen molar-refractivity contribution in [3.63, 3.8) is 0 Å². The van der Waals surface area contributed by atoms with Gasteiger partial charge in [-0.15, -0.1) is 4.13 Å². The molecular formula is C5H4F9NO2S2. The highest BCUT2D eigenvalue weighted by Gasteiger charge is 2.68. The number of hydrogen-bond donors (Lipinski definition) is 1. The first-order valence-electron chi connectivity index (χ1n) is 3.85. The first kappa shape index (κ1) is 18.6. The molecule has 0 atom stereocenters. The maximum atomic E-state index is 12.5. The van der Waals surface area contributed by atoms with E-state index in [1.807, 2.05) is 0 Å². The molecule has 0 amide bonds. The van der Waals surface area contributed by atoms with Crippen molar-refractivity contribution in [2.45, 2.75) is 29.5 Å². The summed E-state index contributed by atoms with van der Waals surface area (Å²) in [6.07, 6.45) is -6.59. The van der Waals surface area contributed by atoms with Crippen molar-refractivity contribution in [2.24, 2.45) is 0 Å². The zero-order chi connectivity index (χ0) is 15.9. The van der Waals surface area contributed by atoms with Gasteiger partial charge in [-0.2, -0.15) is 39.5 Å². The third-order valence-electron chi connectivity index (χ3n) is 1.46. The van der Waals surface area contributed by atoms with Crippen LogP contribution < -0.4 is 4.13 Å². The highest BCUT2D eigenvalue weighted by Crippen LogP contribution is 2.44. The molecule has 0 saturated heterocycles. The van der Waals surface area contributed by atoms with E-state index >= 15 is 0 Å². The Morgan fingerprint density at radius 2 is 1.26 bits per heavy atom. The van der Waals surface area contributed by atoms with Crippen LogP contribution in [0, 0.1) is 0 Å². The number of alkyl halides is 9. The van der Waals surface area contributed by atoms with E-state index in [9.17, 15) is 47.9 Å². The first-order chi connectivity index (χ1) is 7.96. The molecule has 0 aliphatic carbocycles. The minimum atomic E-state index is -6.67. The quantitative estimate of drug-likeness (QED) is 0.616. The molecule has 0 bridgehead atoms. The van der Waals surface area contributed by atoms with Crippen LogP contribution in [-0.4, -0.2) is 31.0 Å². The zero-order valence-corrected chi connectivity index (χ0v) is 10.2. The molecule has 0 aliphatic rings. The average Bonchev–Trinajstić information content (AvgIpc) is 2.11. The molecule has 0 aliphatic heterocycles. The third kappa shape index (κ3) is 3.81. The Kier molecular flexibility index (Phi) is 4.78. The minimum absolute atomic E-state index is 0.0415. The van der Waals surface area contributed by atoms with Gasteiger partial charge in [0.15, 0.2) is 0 Å². The highest BCUT2D eigenvalue weighted by molar-refractivity contribution is 8.10. The first-order valence-corrected chi connectivity index (χ1v) is 6.15. The van der Waals surface area contributed by atoms with Gasteiger partial charge in [0.25, 0.3) is 10.0 Å². The average molecular weight is 345 g/mol. The molecule has 14 heteroatoms. The monoisotopic (exact) mass is 345 g/mol. The lowest BCUT2D eigenvalue weighted by Crippen LogP contribution is -2.49. The maximum Gasteiger partial charge on any atom is 0.471 e. The van der Waals surface area contributed by atoms with E-state index in [-0.39, 0.29) is 11.1 Å². The van der Waals surface area contributed by atoms with Crippen molar-refractivity contribution in [3.05, 3.63) is 0 Å². The molecule has 0 heterocycles. The van der Waals surface area contributed by atoms with Crippen molar-refractivity contribution in [1.29, 1.82) is 0 Å². The highest BCUT2D eigenvalue weighted by atomic mass is 32.3. The van der Waals surface area contributed by atoms with Crippen LogP contribution in [0.5, 0.6) is 0 Å². The second-order valence-electron chi connectivity index (χ2n) is 3.11. The van der Waals surface area contributed by atoms with Gasteiger partial charge in [-0.1, -0.05) is 0 Å². The Hall–Kier alpha value is -0.370. The van der Waals surface area contributed by atoms with Gasteiger partial charge < -0.3 is 0 Å². The Morgan fingerprint density at radius 1 is 0.895 bits per heavy atom. The van der Waals surface area contributed by atoms with E-state index in [4.69, 9.17) is 0 Å². The predicted octanol–water partition coefficient (Wildman–Crippen LogP) is 2.96. The number of halogens is 9. The van der Waals surface area contributed by atoms with Crippen molar-refractivity contribution < 1.29 is 47.9 Å². The number of rotatable bonds is 5. The lowest BCUT2D eigenvalue weighted by molar-refractivity contribution is -0.241. The largest absolute Gasteiger partial charge is 0.471 e. The summed E-state index contributed by atoms with van der Waals surface area (Å²) in [6.45, 7) is -0.379. The van der Waals surface area contributed by atoms with E-state index in [1.165, 1.54) is 0 Å². The van der Waals surface area contributed by atoms with Crippen LogP contribution in [0.15, 0.2) is 0 Å². The molecule has 0 radical (unpaired) electrons. The Bertz CT molecular complexity index is 423. The molecule has 0 spiro atoms. The molecule has 19 heavy (non-hydrogen) atoms. The second-order valence-corrected chi connectivity index (χ2v) is 6.01. The van der Waals surface area contributed by atoms with Crippen LogP contribution in [-0.2, 0) is 10.0 Å². The molecule has 0 aromatic heterocycles. The van der Waals surface area contributed by atoms with Crippen LogP contribution in [0.4, 0.5) is 39.5 Å². The molecule has 0 fully saturated rings. The van der Waals surface area contributed by atoms with Gasteiger partial charge in [-0.3, -0.25) is 0 Å². The Balaban J connectivity index is 5.14. The van der Waals surface area contributed by atoms with Gasteiger partial charge in [0.2, 0.25) is 0 Å². The van der Waals surface area contributed by atoms with Crippen LogP contribution in [0.2, 0.25) is 0 Å². The van der Waals surface area contributed by atoms with Gasteiger partial charge in [0.05, 0.1) is 0 Å². The smallest absolute Gasteiger partial charge is 0.205 e. The maximum absolute atomic E-state index is 12.5. The summed E-state index contributed by atoms with van der Waals surface area (Å²) in [5.41, 5.74) is 0. The lowest BCUT2D eigenvalue weighted by atomic mass is 10.4. The van der Waals surface area contributed by atoms with E-state index in [2.05, 4.69) is 0 Å². The van der Waals surface area contributed by atoms with Gasteiger partial charge in [0.1, 0.15) is 0 Å². The van der Waals surface area contributed by atoms with Crippen molar-refractivity contribution in [3.8, 4) is 0 Å². The molecule has 0 unspecified atom stereocenters. The van der Waals surface area contributed by atoms with Crippen LogP contribution in [0.25, 0.3) is 0 Å². The van der Waals surface area contributed by atoms with Crippen LogP contribution in [0.1, 0.15) is 6.92 Å². The summed E-state index contributed by atoms with van der Waals surface area (Å²) in [5.74, 6) is -4.85. The van der Waals surface area contributed by atoms with Gasteiger partial charge in [-0.05, 0) is 0 Å². The van der Waals surface area contributed by atoms with Crippen molar-refractivity contribution in [1.82, 2.24) is 4.13 Å². The molecule has 0 rings (SSSR count). The van der Waals surface area contributed by atoms with Gasteiger partial charge in [-0.25, -0.2) is 8.42 Å². The summed E-state index contributed by atoms with van der Waals surface area (Å²) in [4.78, 5) is 0. The standard InChI is InChI=1S/C5H4F9NO2S2/c1-2(6,7)4(11,12)18-15-19(16,17)5(13,14)3(8,9)10/h15H,1H3. The molecule has 0 aromatic rings. The summed E-state index contributed by atoms with van der Waals surface area (Å²) in [5, 5.41) is -11.6. The topological polar surface area (TPSA) is 46.2 Å². The lowest BCUT2D eigenvalue weighted by Gasteiger charge is -2.24. The number of nitrogens with one attached hydrogen (secondary N) is 1. The number of hydrogen-bond acceptors (Lipinski definition) is 3. The fraction of sp³-hybridized carbons (Fsp3) is 1.00. The fourth-order valence-electron chi connectivity index (χ4n) is 0.401. The molecule has 0 saturated carbocycles. The predicted molar refractivity (Wildman–Crippen MR) is 46.2 cm³/mol. The van der Waals surface area contributed by atoms with Gasteiger partial charge in [0, 0.05) is 18.9 Å². The van der Waals surface area contributed by atoms with Crippen molar-refractivity contribution in [2.75, 3.05) is 0 Å². The molecule has 1 N–H and O–H groups in total. The fourth-order valence-corrected chi connectivity index (χ4v) is 2.16. The molecule has 116 valence electrons. The third-order valence-corrected chi connectivity index (χ3v) is 4.19.